The van der Waals surface area contributed by atoms with Crippen LogP contribution in [0.15, 0.2) is 15.9 Å². The second-order valence-corrected chi connectivity index (χ2v) is 5.62. The average Bonchev–Trinajstić information content (AvgIpc) is 2.58. The van der Waals surface area contributed by atoms with Gasteiger partial charge in [0.05, 0.1) is 10.2 Å². The quantitative estimate of drug-likeness (QED) is 0.742. The molecule has 3 N–H and O–H groups in total. The minimum absolute atomic E-state index is 0.348. The molecule has 0 aliphatic rings. The third kappa shape index (κ3) is 4.30. The Bertz CT molecular complexity index is 393. The van der Waals surface area contributed by atoms with E-state index >= 15 is 0 Å². The van der Waals surface area contributed by atoms with E-state index < -0.39 is 24.4 Å². The predicted octanol–water partition coefficient (Wildman–Crippen LogP) is 1.53. The van der Waals surface area contributed by atoms with Gasteiger partial charge in [-0.3, -0.25) is 14.9 Å². The molecule has 16 heavy (non-hydrogen) atoms. The van der Waals surface area contributed by atoms with Gasteiger partial charge >= 0.3 is 11.9 Å². The summed E-state index contributed by atoms with van der Waals surface area (Å²) in [6, 6.07) is 2.65. The Balaban J connectivity index is 2.50. The molecular weight excluding hydrogens is 298 g/mol. The normalized spacial score (nSPS) is 12.3. The fourth-order valence-corrected chi connectivity index (χ4v) is 2.53. The summed E-state index contributed by atoms with van der Waals surface area (Å²) >= 11 is 4.76. The molecule has 1 rings (SSSR count). The van der Waals surface area contributed by atoms with Crippen molar-refractivity contribution in [3.8, 4) is 0 Å². The van der Waals surface area contributed by atoms with Crippen molar-refractivity contribution in [2.45, 2.75) is 19.0 Å². The molecule has 0 aliphatic heterocycles. The molecule has 7 heteroatoms. The largest absolute Gasteiger partial charge is 0.481 e. The van der Waals surface area contributed by atoms with Crippen molar-refractivity contribution in [3.05, 3.63) is 20.8 Å². The van der Waals surface area contributed by atoms with Crippen LogP contribution in [0.25, 0.3) is 0 Å². The summed E-state index contributed by atoms with van der Waals surface area (Å²) in [5, 5.41) is 20.0. The molecular formula is C9H10BrNO4S. The standard InChI is InChI=1S/C9H10BrNO4S/c10-7-2-1-5(16-7)4-11-6(9(14)15)3-8(12)13/h1-2,6,11H,3-4H2,(H,12,13)(H,14,15). The third-order valence-electron chi connectivity index (χ3n) is 1.83. The summed E-state index contributed by atoms with van der Waals surface area (Å²) in [7, 11) is 0. The number of rotatable bonds is 6. The first kappa shape index (κ1) is 13.1. The number of hydrogen-bond donors (Lipinski definition) is 3. The fraction of sp³-hybridized carbons (Fsp3) is 0.333. The summed E-state index contributed by atoms with van der Waals surface area (Å²) < 4.78 is 0.953. The molecule has 1 aromatic rings. The Morgan fingerprint density at radius 1 is 1.44 bits per heavy atom. The number of halogens is 1. The van der Waals surface area contributed by atoms with Gasteiger partial charge in [-0.05, 0) is 28.1 Å². The van der Waals surface area contributed by atoms with Gasteiger partial charge in [0.15, 0.2) is 0 Å². The molecule has 1 aromatic heterocycles. The zero-order chi connectivity index (χ0) is 12.1. The summed E-state index contributed by atoms with van der Waals surface area (Å²) in [4.78, 5) is 22.1. The maximum atomic E-state index is 10.7. The second-order valence-electron chi connectivity index (χ2n) is 3.08. The van der Waals surface area contributed by atoms with Gasteiger partial charge in [0.1, 0.15) is 6.04 Å². The van der Waals surface area contributed by atoms with E-state index in [1.165, 1.54) is 11.3 Å². The SMILES string of the molecule is O=C(O)CC(NCc1ccc(Br)s1)C(=O)O. The van der Waals surface area contributed by atoms with E-state index in [-0.39, 0.29) is 0 Å². The van der Waals surface area contributed by atoms with Gasteiger partial charge < -0.3 is 10.2 Å². The molecule has 88 valence electrons. The molecule has 0 radical (unpaired) electrons. The molecule has 0 aromatic carbocycles. The number of carboxylic acid groups (broad SMARTS) is 2. The minimum atomic E-state index is -1.15. The van der Waals surface area contributed by atoms with E-state index in [1.54, 1.807) is 0 Å². The maximum absolute atomic E-state index is 10.7. The summed E-state index contributed by atoms with van der Waals surface area (Å²) in [6.45, 7) is 0.348. The highest BCUT2D eigenvalue weighted by Gasteiger charge is 2.20. The monoisotopic (exact) mass is 307 g/mol. The maximum Gasteiger partial charge on any atom is 0.321 e. The van der Waals surface area contributed by atoms with Crippen molar-refractivity contribution in [2.75, 3.05) is 0 Å². The molecule has 0 spiro atoms. The fourth-order valence-electron chi connectivity index (χ4n) is 1.09. The zero-order valence-electron chi connectivity index (χ0n) is 8.14. The first-order chi connectivity index (χ1) is 7.49. The number of carboxylic acids is 2. The molecule has 0 amide bonds. The number of carbonyl (C=O) groups is 2. The number of thiophene rings is 1. The predicted molar refractivity (Wildman–Crippen MR) is 62.5 cm³/mol. The van der Waals surface area contributed by atoms with Crippen LogP contribution in [-0.2, 0) is 16.1 Å². The van der Waals surface area contributed by atoms with Crippen LogP contribution in [0, 0.1) is 0 Å². The molecule has 1 heterocycles. The third-order valence-corrected chi connectivity index (χ3v) is 3.45. The Kier molecular flexibility index (Phi) is 4.91. The molecule has 1 unspecified atom stereocenters. The van der Waals surface area contributed by atoms with E-state index in [1.807, 2.05) is 12.1 Å². The second kappa shape index (κ2) is 5.97. The van der Waals surface area contributed by atoms with Gasteiger partial charge in [-0.25, -0.2) is 0 Å². The molecule has 0 bridgehead atoms. The van der Waals surface area contributed by atoms with Crippen LogP contribution >= 0.6 is 27.3 Å². The van der Waals surface area contributed by atoms with Crippen LogP contribution in [0.5, 0.6) is 0 Å². The van der Waals surface area contributed by atoms with Crippen molar-refractivity contribution in [1.29, 1.82) is 0 Å². The van der Waals surface area contributed by atoms with Crippen LogP contribution in [0.4, 0.5) is 0 Å². The van der Waals surface area contributed by atoms with Crippen LogP contribution < -0.4 is 5.32 Å². The zero-order valence-corrected chi connectivity index (χ0v) is 10.5. The smallest absolute Gasteiger partial charge is 0.321 e. The van der Waals surface area contributed by atoms with Crippen molar-refractivity contribution in [3.63, 3.8) is 0 Å². The Morgan fingerprint density at radius 2 is 2.12 bits per heavy atom. The van der Waals surface area contributed by atoms with Crippen molar-refractivity contribution in [2.24, 2.45) is 0 Å². The molecule has 0 fully saturated rings. The van der Waals surface area contributed by atoms with Crippen LogP contribution in [0.1, 0.15) is 11.3 Å². The first-order valence-electron chi connectivity index (χ1n) is 4.41. The molecule has 0 aliphatic carbocycles. The van der Waals surface area contributed by atoms with E-state index in [0.29, 0.717) is 6.54 Å². The topological polar surface area (TPSA) is 86.6 Å². The lowest BCUT2D eigenvalue weighted by Crippen LogP contribution is -2.37. The Labute approximate surface area is 104 Å². The highest BCUT2D eigenvalue weighted by atomic mass is 79.9. The molecule has 0 saturated carbocycles. The van der Waals surface area contributed by atoms with Gasteiger partial charge in [0.25, 0.3) is 0 Å². The summed E-state index contributed by atoms with van der Waals surface area (Å²) in [5.74, 6) is -2.29. The van der Waals surface area contributed by atoms with E-state index in [0.717, 1.165) is 8.66 Å². The van der Waals surface area contributed by atoms with Crippen LogP contribution in [0.2, 0.25) is 0 Å². The Morgan fingerprint density at radius 3 is 2.56 bits per heavy atom. The van der Waals surface area contributed by atoms with Gasteiger partial charge in [0, 0.05) is 11.4 Å². The lowest BCUT2D eigenvalue weighted by Gasteiger charge is -2.10. The highest BCUT2D eigenvalue weighted by molar-refractivity contribution is 9.11. The first-order valence-corrected chi connectivity index (χ1v) is 6.02. The number of aliphatic carboxylic acids is 2. The number of nitrogens with one attached hydrogen (secondary N) is 1. The van der Waals surface area contributed by atoms with E-state index in [2.05, 4.69) is 21.2 Å². The van der Waals surface area contributed by atoms with Crippen molar-refractivity contribution >= 4 is 39.2 Å². The van der Waals surface area contributed by atoms with Gasteiger partial charge in [-0.2, -0.15) is 0 Å². The van der Waals surface area contributed by atoms with Crippen LogP contribution in [0.3, 0.4) is 0 Å². The minimum Gasteiger partial charge on any atom is -0.481 e. The molecule has 1 atom stereocenters. The van der Waals surface area contributed by atoms with Gasteiger partial charge in [-0.1, -0.05) is 0 Å². The van der Waals surface area contributed by atoms with Crippen molar-refractivity contribution < 1.29 is 19.8 Å². The highest BCUT2D eigenvalue weighted by Crippen LogP contribution is 2.21. The lowest BCUT2D eigenvalue weighted by atomic mass is 10.2. The lowest BCUT2D eigenvalue weighted by molar-refractivity contribution is -0.146. The van der Waals surface area contributed by atoms with Crippen molar-refractivity contribution in [1.82, 2.24) is 5.32 Å². The summed E-state index contributed by atoms with van der Waals surface area (Å²) in [6.07, 6.45) is -0.429. The average molecular weight is 308 g/mol. The van der Waals surface area contributed by atoms with Crippen LogP contribution in [-0.4, -0.2) is 28.2 Å². The van der Waals surface area contributed by atoms with Gasteiger partial charge in [-0.15, -0.1) is 11.3 Å². The Hall–Kier alpha value is -0.920. The molecule has 0 saturated heterocycles. The summed E-state index contributed by atoms with van der Waals surface area (Å²) in [5.41, 5.74) is 0. The van der Waals surface area contributed by atoms with Gasteiger partial charge in [0.2, 0.25) is 0 Å². The molecule has 5 nitrogen and oxygen atoms in total. The van der Waals surface area contributed by atoms with E-state index in [9.17, 15) is 9.59 Å². The number of hydrogen-bond acceptors (Lipinski definition) is 4. The van der Waals surface area contributed by atoms with E-state index in [4.69, 9.17) is 10.2 Å².